The highest BCUT2D eigenvalue weighted by Gasteiger charge is 2.23. The molecule has 2 N–H and O–H groups in total. The van der Waals surface area contributed by atoms with Crippen molar-refractivity contribution in [2.45, 2.75) is 19.3 Å². The van der Waals surface area contributed by atoms with Crippen LogP contribution in [-0.4, -0.2) is 47.5 Å². The Labute approximate surface area is 213 Å². The van der Waals surface area contributed by atoms with Crippen LogP contribution in [0.1, 0.15) is 25.0 Å². The van der Waals surface area contributed by atoms with Crippen molar-refractivity contribution in [3.05, 3.63) is 59.4 Å². The summed E-state index contributed by atoms with van der Waals surface area (Å²) < 4.78 is 33.7. The number of hydrogen-bond donors (Lipinski definition) is 2. The number of halogens is 1. The van der Waals surface area contributed by atoms with Gasteiger partial charge in [0.25, 0.3) is 0 Å². The number of nitriles is 1. The number of aromatic amines is 1. The summed E-state index contributed by atoms with van der Waals surface area (Å²) in [5.41, 5.74) is 2.75. The molecule has 1 saturated heterocycles. The fourth-order valence-corrected chi connectivity index (χ4v) is 5.74. The molecule has 0 saturated carbocycles. The largest absolute Gasteiger partial charge is 0.381 e. The number of anilines is 1. The molecule has 0 bridgehead atoms. The van der Waals surface area contributed by atoms with Crippen LogP contribution >= 0.6 is 11.6 Å². The maximum absolute atomic E-state index is 12.9. The molecule has 3 heterocycles. The molecule has 0 unspecified atom stereocenters. The zero-order valence-corrected chi connectivity index (χ0v) is 20.8. The van der Waals surface area contributed by atoms with Gasteiger partial charge in [-0.2, -0.15) is 10.4 Å². The summed E-state index contributed by atoms with van der Waals surface area (Å²) in [6.07, 6.45) is 3.84. The van der Waals surface area contributed by atoms with E-state index in [0.717, 1.165) is 23.8 Å². The van der Waals surface area contributed by atoms with Crippen molar-refractivity contribution in [2.24, 2.45) is 5.92 Å². The molecule has 0 aliphatic carbocycles. The first-order valence-corrected chi connectivity index (χ1v) is 13.6. The summed E-state index contributed by atoms with van der Waals surface area (Å²) in [6.45, 7) is 1.30. The summed E-state index contributed by atoms with van der Waals surface area (Å²) in [5, 5.41) is 17.9. The lowest BCUT2D eigenvalue weighted by Gasteiger charge is -2.21. The Kier molecular flexibility index (Phi) is 6.87. The van der Waals surface area contributed by atoms with E-state index in [1.54, 1.807) is 12.3 Å². The van der Waals surface area contributed by atoms with E-state index in [9.17, 15) is 13.7 Å². The molecule has 0 atom stereocenters. The highest BCUT2D eigenvalue weighted by atomic mass is 35.5. The Balaban J connectivity index is 1.55. The molecule has 1 aliphatic heterocycles. The van der Waals surface area contributed by atoms with Gasteiger partial charge in [0.1, 0.15) is 6.07 Å². The van der Waals surface area contributed by atoms with Gasteiger partial charge in [-0.05, 0) is 37.3 Å². The number of aromatic nitrogens is 4. The molecule has 1 fully saturated rings. The summed E-state index contributed by atoms with van der Waals surface area (Å²) in [7, 11) is -3.75. The molecule has 0 radical (unpaired) electrons. The second kappa shape index (κ2) is 10.2. The average Bonchev–Trinajstić information content (AvgIpc) is 3.38. The fourth-order valence-electron chi connectivity index (χ4n) is 4.29. The molecule has 5 rings (SSSR count). The quantitative estimate of drug-likeness (QED) is 0.357. The first kappa shape index (κ1) is 24.2. The van der Waals surface area contributed by atoms with Crippen LogP contribution in [0.2, 0.25) is 5.02 Å². The predicted octanol–water partition coefficient (Wildman–Crippen LogP) is 4.77. The number of benzene rings is 2. The Morgan fingerprint density at radius 3 is 2.61 bits per heavy atom. The van der Waals surface area contributed by atoms with Crippen LogP contribution in [0.15, 0.2) is 48.7 Å². The molecule has 0 amide bonds. The van der Waals surface area contributed by atoms with Gasteiger partial charge in [-0.15, -0.1) is 0 Å². The molecule has 0 spiro atoms. The van der Waals surface area contributed by atoms with Crippen LogP contribution in [0.25, 0.3) is 33.4 Å². The van der Waals surface area contributed by atoms with E-state index in [1.165, 1.54) is 0 Å². The summed E-state index contributed by atoms with van der Waals surface area (Å²) in [5.74, 6) is 0.128. The van der Waals surface area contributed by atoms with Crippen LogP contribution in [-0.2, 0) is 14.8 Å². The van der Waals surface area contributed by atoms with Crippen molar-refractivity contribution in [3.63, 3.8) is 0 Å². The van der Waals surface area contributed by atoms with Gasteiger partial charge in [-0.1, -0.05) is 41.9 Å². The lowest BCUT2D eigenvalue weighted by atomic mass is 9.98. The van der Waals surface area contributed by atoms with E-state index >= 15 is 0 Å². The second-order valence-corrected chi connectivity index (χ2v) is 10.9. The van der Waals surface area contributed by atoms with Crippen molar-refractivity contribution in [3.8, 4) is 28.6 Å². The molecule has 2 aromatic carbocycles. The Morgan fingerprint density at radius 2 is 1.86 bits per heavy atom. The maximum atomic E-state index is 12.9. The standard InChI is InChI=1S/C25H23ClN6O3S/c26-20-13-18(12-19-15-28-31-22(19)20)24-23(17-4-2-1-3-5-17)30-25(21(14-27)29-24)32-36(33,34)11-8-16-6-9-35-10-7-16/h1-5,12-13,15-16H,6-11H2,(H,28,31)(H,30,32). The van der Waals surface area contributed by atoms with E-state index in [0.29, 0.717) is 53.0 Å². The zero-order valence-electron chi connectivity index (χ0n) is 19.2. The Hall–Kier alpha value is -3.52. The number of hydrogen-bond acceptors (Lipinski definition) is 7. The van der Waals surface area contributed by atoms with Crippen molar-refractivity contribution >= 4 is 38.3 Å². The average molecular weight is 523 g/mol. The lowest BCUT2D eigenvalue weighted by molar-refractivity contribution is 0.0656. The number of fused-ring (bicyclic) bond motifs is 1. The minimum absolute atomic E-state index is 0.0700. The minimum atomic E-state index is -3.75. The molecule has 11 heteroatoms. The number of rotatable bonds is 7. The van der Waals surface area contributed by atoms with Crippen molar-refractivity contribution < 1.29 is 13.2 Å². The van der Waals surface area contributed by atoms with Gasteiger partial charge in [-0.3, -0.25) is 9.82 Å². The van der Waals surface area contributed by atoms with Gasteiger partial charge in [0, 0.05) is 29.7 Å². The van der Waals surface area contributed by atoms with Crippen LogP contribution in [0, 0.1) is 17.2 Å². The third-order valence-electron chi connectivity index (χ3n) is 6.21. The highest BCUT2D eigenvalue weighted by molar-refractivity contribution is 7.92. The van der Waals surface area contributed by atoms with E-state index in [2.05, 4.69) is 24.9 Å². The van der Waals surface area contributed by atoms with E-state index < -0.39 is 10.0 Å². The SMILES string of the molecule is N#Cc1nc(-c2cc(Cl)c3[nH]ncc3c2)c(-c2ccccc2)nc1NS(=O)(=O)CCC1CCOCC1. The summed E-state index contributed by atoms with van der Waals surface area (Å²) in [4.78, 5) is 9.15. The van der Waals surface area contributed by atoms with Crippen LogP contribution < -0.4 is 4.72 Å². The summed E-state index contributed by atoms with van der Waals surface area (Å²) >= 11 is 6.46. The molecule has 36 heavy (non-hydrogen) atoms. The third kappa shape index (κ3) is 5.18. The topological polar surface area (TPSA) is 134 Å². The van der Waals surface area contributed by atoms with E-state index in [1.807, 2.05) is 42.5 Å². The van der Waals surface area contributed by atoms with Gasteiger partial charge < -0.3 is 4.74 Å². The van der Waals surface area contributed by atoms with Gasteiger partial charge in [0.2, 0.25) is 10.0 Å². The Bertz CT molecular complexity index is 1540. The van der Waals surface area contributed by atoms with Gasteiger partial charge >= 0.3 is 0 Å². The van der Waals surface area contributed by atoms with E-state index in [-0.39, 0.29) is 17.3 Å². The van der Waals surface area contributed by atoms with Crippen LogP contribution in [0.3, 0.4) is 0 Å². The first-order valence-electron chi connectivity index (χ1n) is 11.5. The normalized spacial score (nSPS) is 14.6. The number of ether oxygens (including phenoxy) is 1. The van der Waals surface area contributed by atoms with Crippen molar-refractivity contribution in [1.29, 1.82) is 5.26 Å². The second-order valence-electron chi connectivity index (χ2n) is 8.65. The number of sulfonamides is 1. The van der Waals surface area contributed by atoms with Gasteiger partial charge in [0.15, 0.2) is 11.5 Å². The maximum Gasteiger partial charge on any atom is 0.233 e. The molecule has 1 aliphatic rings. The van der Waals surface area contributed by atoms with Crippen molar-refractivity contribution in [1.82, 2.24) is 20.2 Å². The number of nitrogens with zero attached hydrogens (tertiary/aromatic N) is 4. The fraction of sp³-hybridized carbons (Fsp3) is 0.280. The smallest absolute Gasteiger partial charge is 0.233 e. The highest BCUT2D eigenvalue weighted by Crippen LogP contribution is 2.35. The molecular weight excluding hydrogens is 500 g/mol. The van der Waals surface area contributed by atoms with Gasteiger partial charge in [-0.25, -0.2) is 18.4 Å². The number of nitrogens with one attached hydrogen (secondary N) is 2. The number of H-pyrrole nitrogens is 1. The molecule has 2 aromatic heterocycles. The third-order valence-corrected chi connectivity index (χ3v) is 7.79. The molecule has 9 nitrogen and oxygen atoms in total. The summed E-state index contributed by atoms with van der Waals surface area (Å²) in [6, 6.07) is 14.8. The predicted molar refractivity (Wildman–Crippen MR) is 138 cm³/mol. The van der Waals surface area contributed by atoms with Crippen LogP contribution in [0.4, 0.5) is 5.82 Å². The minimum Gasteiger partial charge on any atom is -0.381 e. The monoisotopic (exact) mass is 522 g/mol. The lowest BCUT2D eigenvalue weighted by Crippen LogP contribution is -2.23. The Morgan fingerprint density at radius 1 is 1.11 bits per heavy atom. The molecule has 4 aromatic rings. The van der Waals surface area contributed by atoms with Crippen LogP contribution in [0.5, 0.6) is 0 Å². The first-order chi connectivity index (χ1) is 17.4. The van der Waals surface area contributed by atoms with Gasteiger partial charge in [0.05, 0.1) is 33.9 Å². The van der Waals surface area contributed by atoms with E-state index in [4.69, 9.17) is 16.3 Å². The zero-order chi connectivity index (χ0) is 25.1. The molecule has 184 valence electrons. The molecular formula is C25H23ClN6O3S. The van der Waals surface area contributed by atoms with Crippen molar-refractivity contribution in [2.75, 3.05) is 23.7 Å².